The van der Waals surface area contributed by atoms with Crippen LogP contribution in [-0.4, -0.2) is 0 Å². The molecule has 1 heterocycles. The SMILES string of the molecule is Cc1sc2cc(C#N)ccc2c1C(C)(C)C. The molecule has 16 heavy (non-hydrogen) atoms. The van der Waals surface area contributed by atoms with Crippen LogP contribution in [0, 0.1) is 18.3 Å². The first-order valence-corrected chi connectivity index (χ1v) is 6.19. The Balaban J connectivity index is 2.78. The van der Waals surface area contributed by atoms with Crippen molar-refractivity contribution in [2.45, 2.75) is 33.1 Å². The maximum Gasteiger partial charge on any atom is 0.0992 e. The van der Waals surface area contributed by atoms with Gasteiger partial charge in [-0.3, -0.25) is 0 Å². The summed E-state index contributed by atoms with van der Waals surface area (Å²) >= 11 is 1.78. The molecule has 1 nitrogen and oxygen atoms in total. The number of hydrogen-bond acceptors (Lipinski definition) is 2. The van der Waals surface area contributed by atoms with E-state index in [4.69, 9.17) is 5.26 Å². The molecule has 0 unspecified atom stereocenters. The Morgan fingerprint density at radius 3 is 2.50 bits per heavy atom. The molecule has 0 amide bonds. The normalized spacial score (nSPS) is 11.7. The van der Waals surface area contributed by atoms with Crippen LogP contribution in [0.25, 0.3) is 10.1 Å². The minimum Gasteiger partial charge on any atom is -0.192 e. The second kappa shape index (κ2) is 3.61. The van der Waals surface area contributed by atoms with E-state index in [1.807, 2.05) is 12.1 Å². The molecule has 0 aliphatic heterocycles. The Morgan fingerprint density at radius 1 is 1.25 bits per heavy atom. The van der Waals surface area contributed by atoms with Crippen molar-refractivity contribution in [3.63, 3.8) is 0 Å². The summed E-state index contributed by atoms with van der Waals surface area (Å²) in [6.45, 7) is 8.87. The molecule has 1 aromatic heterocycles. The van der Waals surface area contributed by atoms with E-state index in [-0.39, 0.29) is 5.41 Å². The van der Waals surface area contributed by atoms with Gasteiger partial charge in [0.1, 0.15) is 0 Å². The summed E-state index contributed by atoms with van der Waals surface area (Å²) < 4.78 is 1.22. The van der Waals surface area contributed by atoms with E-state index in [0.29, 0.717) is 0 Å². The summed E-state index contributed by atoms with van der Waals surface area (Å²) in [5.41, 5.74) is 2.32. The van der Waals surface area contributed by atoms with Gasteiger partial charge in [-0.05, 0) is 35.4 Å². The van der Waals surface area contributed by atoms with Gasteiger partial charge in [0, 0.05) is 9.58 Å². The number of benzene rings is 1. The second-order valence-electron chi connectivity index (χ2n) is 5.11. The van der Waals surface area contributed by atoms with E-state index in [1.165, 1.54) is 20.5 Å². The highest BCUT2D eigenvalue weighted by Gasteiger charge is 2.21. The fourth-order valence-corrected chi connectivity index (χ4v) is 3.53. The van der Waals surface area contributed by atoms with Gasteiger partial charge in [0.2, 0.25) is 0 Å². The minimum atomic E-state index is 0.163. The summed E-state index contributed by atoms with van der Waals surface area (Å²) in [4.78, 5) is 1.36. The van der Waals surface area contributed by atoms with E-state index in [9.17, 15) is 0 Å². The van der Waals surface area contributed by atoms with Gasteiger partial charge in [0.15, 0.2) is 0 Å². The predicted octanol–water partition coefficient (Wildman–Crippen LogP) is 4.38. The van der Waals surface area contributed by atoms with E-state index in [1.54, 1.807) is 11.3 Å². The van der Waals surface area contributed by atoms with Crippen molar-refractivity contribution in [3.05, 3.63) is 34.2 Å². The number of hydrogen-bond donors (Lipinski definition) is 0. The third kappa shape index (κ3) is 1.72. The third-order valence-electron chi connectivity index (χ3n) is 2.75. The molecule has 0 aliphatic carbocycles. The molecule has 1 aromatic carbocycles. The highest BCUT2D eigenvalue weighted by atomic mass is 32.1. The molecule has 0 atom stereocenters. The van der Waals surface area contributed by atoms with Crippen LogP contribution in [0.5, 0.6) is 0 Å². The Kier molecular flexibility index (Phi) is 2.52. The molecule has 0 saturated heterocycles. The average Bonchev–Trinajstić information content (AvgIpc) is 2.51. The minimum absolute atomic E-state index is 0.163. The largest absolute Gasteiger partial charge is 0.192 e. The van der Waals surface area contributed by atoms with Crippen LogP contribution in [0.1, 0.15) is 36.8 Å². The van der Waals surface area contributed by atoms with Crippen molar-refractivity contribution in [1.82, 2.24) is 0 Å². The van der Waals surface area contributed by atoms with Crippen LogP contribution in [0.4, 0.5) is 0 Å². The summed E-state index contributed by atoms with van der Waals surface area (Å²) in [7, 11) is 0. The number of nitriles is 1. The molecule has 0 fully saturated rings. The Bertz CT molecular complexity index is 579. The maximum absolute atomic E-state index is 8.89. The fraction of sp³-hybridized carbons (Fsp3) is 0.357. The molecule has 0 N–H and O–H groups in total. The van der Waals surface area contributed by atoms with Gasteiger partial charge >= 0.3 is 0 Å². The number of rotatable bonds is 0. The Labute approximate surface area is 100 Å². The van der Waals surface area contributed by atoms with Crippen LogP contribution in [0.15, 0.2) is 18.2 Å². The molecule has 0 aliphatic rings. The lowest BCUT2D eigenvalue weighted by Crippen LogP contribution is -2.11. The average molecular weight is 229 g/mol. The van der Waals surface area contributed by atoms with Crippen molar-refractivity contribution in [2.24, 2.45) is 0 Å². The molecule has 82 valence electrons. The molecule has 0 spiro atoms. The van der Waals surface area contributed by atoms with E-state index in [0.717, 1.165) is 5.56 Å². The monoisotopic (exact) mass is 229 g/mol. The summed E-state index contributed by atoms with van der Waals surface area (Å²) in [6, 6.07) is 8.17. The third-order valence-corrected chi connectivity index (χ3v) is 3.81. The Hall–Kier alpha value is -1.33. The first-order chi connectivity index (χ1) is 7.43. The molecular weight excluding hydrogens is 214 g/mol. The number of fused-ring (bicyclic) bond motifs is 1. The van der Waals surface area contributed by atoms with E-state index >= 15 is 0 Å². The second-order valence-corrected chi connectivity index (χ2v) is 6.36. The van der Waals surface area contributed by atoms with Gasteiger partial charge in [-0.25, -0.2) is 0 Å². The van der Waals surface area contributed by atoms with Gasteiger partial charge in [0.25, 0.3) is 0 Å². The zero-order chi connectivity index (χ0) is 11.9. The first-order valence-electron chi connectivity index (χ1n) is 5.37. The van der Waals surface area contributed by atoms with Crippen molar-refractivity contribution >= 4 is 21.4 Å². The van der Waals surface area contributed by atoms with Gasteiger partial charge < -0.3 is 0 Å². The van der Waals surface area contributed by atoms with Crippen LogP contribution in [0.2, 0.25) is 0 Å². The molecule has 2 heteroatoms. The van der Waals surface area contributed by atoms with E-state index < -0.39 is 0 Å². The maximum atomic E-state index is 8.89. The topological polar surface area (TPSA) is 23.8 Å². The van der Waals surface area contributed by atoms with Crippen molar-refractivity contribution in [3.8, 4) is 6.07 Å². The number of thiophene rings is 1. The summed E-state index contributed by atoms with van der Waals surface area (Å²) in [5, 5.41) is 10.2. The Morgan fingerprint density at radius 2 is 1.94 bits per heavy atom. The number of aryl methyl sites for hydroxylation is 1. The van der Waals surface area contributed by atoms with Crippen LogP contribution in [-0.2, 0) is 5.41 Å². The molecule has 2 rings (SSSR count). The van der Waals surface area contributed by atoms with Crippen molar-refractivity contribution in [2.75, 3.05) is 0 Å². The van der Waals surface area contributed by atoms with Gasteiger partial charge in [0.05, 0.1) is 11.6 Å². The van der Waals surface area contributed by atoms with Gasteiger partial charge in [-0.15, -0.1) is 11.3 Å². The van der Waals surface area contributed by atoms with Crippen LogP contribution >= 0.6 is 11.3 Å². The zero-order valence-corrected chi connectivity index (χ0v) is 10.9. The zero-order valence-electron chi connectivity index (χ0n) is 10.1. The quantitative estimate of drug-likeness (QED) is 0.657. The van der Waals surface area contributed by atoms with Gasteiger partial charge in [-0.2, -0.15) is 5.26 Å². The molecule has 2 aromatic rings. The summed E-state index contributed by atoms with van der Waals surface area (Å²) in [5.74, 6) is 0. The predicted molar refractivity (Wildman–Crippen MR) is 70.0 cm³/mol. The lowest BCUT2D eigenvalue weighted by Gasteiger charge is -2.19. The van der Waals surface area contributed by atoms with E-state index in [2.05, 4.69) is 39.8 Å². The smallest absolute Gasteiger partial charge is 0.0992 e. The molecular formula is C14H15NS. The lowest BCUT2D eigenvalue weighted by molar-refractivity contribution is 0.594. The highest BCUT2D eigenvalue weighted by molar-refractivity contribution is 7.19. The molecule has 0 saturated carbocycles. The fourth-order valence-electron chi connectivity index (χ4n) is 2.22. The lowest BCUT2D eigenvalue weighted by atomic mass is 9.85. The highest BCUT2D eigenvalue weighted by Crippen LogP contribution is 2.38. The standard InChI is InChI=1S/C14H15NS/c1-9-13(14(2,3)4)11-6-5-10(8-15)7-12(11)16-9/h5-7H,1-4H3. The van der Waals surface area contributed by atoms with Gasteiger partial charge in [-0.1, -0.05) is 26.8 Å². The van der Waals surface area contributed by atoms with Crippen molar-refractivity contribution in [1.29, 1.82) is 5.26 Å². The molecule has 0 bridgehead atoms. The van der Waals surface area contributed by atoms with Crippen LogP contribution in [0.3, 0.4) is 0 Å². The van der Waals surface area contributed by atoms with Crippen LogP contribution < -0.4 is 0 Å². The molecule has 0 radical (unpaired) electrons. The number of nitrogens with zero attached hydrogens (tertiary/aromatic N) is 1. The first kappa shape index (κ1) is 11.2. The van der Waals surface area contributed by atoms with Crippen molar-refractivity contribution < 1.29 is 0 Å². The summed E-state index contributed by atoms with van der Waals surface area (Å²) in [6.07, 6.45) is 0.